The normalized spacial score (nSPS) is 17.3. The van der Waals surface area contributed by atoms with Crippen LogP contribution in [-0.4, -0.2) is 17.6 Å². The quantitative estimate of drug-likeness (QED) is 0.647. The smallest absolute Gasteiger partial charge is 0.325 e. The van der Waals surface area contributed by atoms with Crippen molar-refractivity contribution in [3.05, 3.63) is 70.9 Å². The van der Waals surface area contributed by atoms with Crippen LogP contribution in [0.1, 0.15) is 54.2 Å². The number of nitrogens with one attached hydrogen (secondary N) is 1. The molecule has 1 aliphatic carbocycles. The summed E-state index contributed by atoms with van der Waals surface area (Å²) < 4.78 is 7.16. The molecule has 146 valence electrons. The fourth-order valence-electron chi connectivity index (χ4n) is 4.50. The van der Waals surface area contributed by atoms with E-state index >= 15 is 0 Å². The average molecular weight is 377 g/mol. The number of ether oxygens (including phenoxy) is 1. The van der Waals surface area contributed by atoms with E-state index in [1.807, 2.05) is 6.07 Å². The molecule has 4 nitrogen and oxygen atoms in total. The van der Waals surface area contributed by atoms with Crippen LogP contribution >= 0.6 is 0 Å². The van der Waals surface area contributed by atoms with Crippen molar-refractivity contribution in [3.63, 3.8) is 0 Å². The molecule has 4 rings (SSSR count). The summed E-state index contributed by atoms with van der Waals surface area (Å²) in [5, 5.41) is 5.10. The third-order valence-electron chi connectivity index (χ3n) is 5.88. The van der Waals surface area contributed by atoms with E-state index in [1.54, 1.807) is 0 Å². The highest BCUT2D eigenvalue weighted by atomic mass is 16.5. The maximum absolute atomic E-state index is 12.2. The zero-order valence-corrected chi connectivity index (χ0v) is 16.9. The minimum Gasteiger partial charge on any atom is -0.468 e. The first-order valence-corrected chi connectivity index (χ1v) is 10.1. The molecule has 0 bridgehead atoms. The maximum atomic E-state index is 12.2. The molecule has 0 fully saturated rings. The van der Waals surface area contributed by atoms with Crippen molar-refractivity contribution in [3.8, 4) is 0 Å². The Morgan fingerprint density at radius 3 is 2.79 bits per heavy atom. The lowest BCUT2D eigenvalue weighted by Gasteiger charge is -2.29. The third kappa shape index (κ3) is 3.45. The van der Waals surface area contributed by atoms with E-state index < -0.39 is 0 Å². The standard InChI is InChI=1S/C24H28N2O2/c1-16-12-13-22-20(14-16)19-10-7-11-21(24(19)26(22)15-23(27)28-3)25-17(2)18-8-5-4-6-9-18/h4-6,8-9,12-14,17,21,25H,7,10-11,15H2,1-3H3/t17-,21-/m0/s1. The number of benzene rings is 2. The van der Waals surface area contributed by atoms with Gasteiger partial charge in [-0.15, -0.1) is 0 Å². The Hall–Kier alpha value is -2.59. The molecule has 0 saturated carbocycles. The number of aryl methyl sites for hydroxylation is 2. The van der Waals surface area contributed by atoms with Crippen LogP contribution in [0.3, 0.4) is 0 Å². The van der Waals surface area contributed by atoms with Gasteiger partial charge in [0, 0.05) is 28.7 Å². The number of carbonyl (C=O) groups is 1. The Kier molecular flexibility index (Phi) is 5.23. The molecular formula is C24H28N2O2. The van der Waals surface area contributed by atoms with E-state index in [0.717, 1.165) is 24.8 Å². The highest BCUT2D eigenvalue weighted by molar-refractivity contribution is 5.88. The summed E-state index contributed by atoms with van der Waals surface area (Å²) in [5.41, 5.74) is 6.29. The minimum atomic E-state index is -0.208. The molecule has 4 heteroatoms. The van der Waals surface area contributed by atoms with Gasteiger partial charge < -0.3 is 14.6 Å². The molecule has 0 unspecified atom stereocenters. The Balaban J connectivity index is 1.78. The van der Waals surface area contributed by atoms with Crippen molar-refractivity contribution >= 4 is 16.9 Å². The highest BCUT2D eigenvalue weighted by Gasteiger charge is 2.29. The Bertz CT molecular complexity index is 991. The first-order chi connectivity index (χ1) is 13.6. The predicted molar refractivity (Wildman–Crippen MR) is 112 cm³/mol. The van der Waals surface area contributed by atoms with Gasteiger partial charge >= 0.3 is 5.97 Å². The van der Waals surface area contributed by atoms with E-state index in [9.17, 15) is 4.79 Å². The summed E-state index contributed by atoms with van der Waals surface area (Å²) in [4.78, 5) is 12.2. The van der Waals surface area contributed by atoms with Gasteiger partial charge in [0.15, 0.2) is 0 Å². The molecule has 0 aliphatic heterocycles. The number of hydrogen-bond donors (Lipinski definition) is 1. The summed E-state index contributed by atoms with van der Waals surface area (Å²) in [6.45, 7) is 4.59. The molecular weight excluding hydrogens is 348 g/mol. The Morgan fingerprint density at radius 2 is 2.04 bits per heavy atom. The van der Waals surface area contributed by atoms with Crippen LogP contribution < -0.4 is 5.32 Å². The molecule has 3 aromatic rings. The van der Waals surface area contributed by atoms with E-state index in [2.05, 4.69) is 66.2 Å². The molecule has 1 heterocycles. The minimum absolute atomic E-state index is 0.208. The van der Waals surface area contributed by atoms with Gasteiger partial charge in [0.2, 0.25) is 0 Å². The average Bonchev–Trinajstić information content (AvgIpc) is 3.02. The number of fused-ring (bicyclic) bond motifs is 3. The largest absolute Gasteiger partial charge is 0.468 e. The summed E-state index contributed by atoms with van der Waals surface area (Å²) in [5.74, 6) is -0.208. The summed E-state index contributed by atoms with van der Waals surface area (Å²) >= 11 is 0. The number of nitrogens with zero attached hydrogens (tertiary/aromatic N) is 1. The van der Waals surface area contributed by atoms with Gasteiger partial charge in [-0.3, -0.25) is 4.79 Å². The molecule has 0 saturated heterocycles. The first-order valence-electron chi connectivity index (χ1n) is 10.1. The molecule has 0 radical (unpaired) electrons. The number of carbonyl (C=O) groups excluding carboxylic acids is 1. The van der Waals surface area contributed by atoms with E-state index in [-0.39, 0.29) is 24.6 Å². The van der Waals surface area contributed by atoms with Gasteiger partial charge in [-0.05, 0) is 56.4 Å². The highest BCUT2D eigenvalue weighted by Crippen LogP contribution is 2.39. The molecule has 2 aromatic carbocycles. The van der Waals surface area contributed by atoms with E-state index in [4.69, 9.17) is 4.74 Å². The van der Waals surface area contributed by atoms with Crippen LogP contribution in [0.2, 0.25) is 0 Å². The van der Waals surface area contributed by atoms with E-state index in [1.165, 1.54) is 34.9 Å². The van der Waals surface area contributed by atoms with Gasteiger partial charge in [-0.1, -0.05) is 42.0 Å². The van der Waals surface area contributed by atoms with Crippen molar-refractivity contribution < 1.29 is 9.53 Å². The van der Waals surface area contributed by atoms with Crippen molar-refractivity contribution in [2.24, 2.45) is 0 Å². The Labute approximate surface area is 166 Å². The van der Waals surface area contributed by atoms with Crippen LogP contribution in [0.25, 0.3) is 10.9 Å². The Morgan fingerprint density at radius 1 is 1.25 bits per heavy atom. The second-order valence-electron chi connectivity index (χ2n) is 7.79. The maximum Gasteiger partial charge on any atom is 0.325 e. The van der Waals surface area contributed by atoms with Crippen molar-refractivity contribution in [2.75, 3.05) is 7.11 Å². The predicted octanol–water partition coefficient (Wildman–Crippen LogP) is 4.85. The molecule has 2 atom stereocenters. The lowest BCUT2D eigenvalue weighted by molar-refractivity contribution is -0.141. The van der Waals surface area contributed by atoms with Crippen molar-refractivity contribution in [1.29, 1.82) is 0 Å². The summed E-state index contributed by atoms with van der Waals surface area (Å²) in [6.07, 6.45) is 3.28. The van der Waals surface area contributed by atoms with Crippen LogP contribution in [0.15, 0.2) is 48.5 Å². The van der Waals surface area contributed by atoms with Crippen LogP contribution in [0.4, 0.5) is 0 Å². The van der Waals surface area contributed by atoms with Crippen molar-refractivity contribution in [2.45, 2.75) is 51.7 Å². The van der Waals surface area contributed by atoms with Gasteiger partial charge in [0.05, 0.1) is 7.11 Å². The fourth-order valence-corrected chi connectivity index (χ4v) is 4.50. The van der Waals surface area contributed by atoms with Gasteiger partial charge in [-0.2, -0.15) is 0 Å². The number of esters is 1. The summed E-state index contributed by atoms with van der Waals surface area (Å²) in [6, 6.07) is 17.5. The summed E-state index contributed by atoms with van der Waals surface area (Å²) in [7, 11) is 1.46. The fraction of sp³-hybridized carbons (Fsp3) is 0.375. The number of methoxy groups -OCH3 is 1. The molecule has 0 spiro atoms. The zero-order chi connectivity index (χ0) is 19.7. The van der Waals surface area contributed by atoms with Crippen LogP contribution in [0, 0.1) is 6.92 Å². The number of aromatic nitrogens is 1. The molecule has 0 amide bonds. The monoisotopic (exact) mass is 376 g/mol. The van der Waals surface area contributed by atoms with Crippen LogP contribution in [-0.2, 0) is 22.5 Å². The lowest BCUT2D eigenvalue weighted by Crippen LogP contribution is -2.30. The van der Waals surface area contributed by atoms with Gasteiger partial charge in [-0.25, -0.2) is 0 Å². The number of hydrogen-bond acceptors (Lipinski definition) is 3. The van der Waals surface area contributed by atoms with E-state index in [0.29, 0.717) is 0 Å². The third-order valence-corrected chi connectivity index (χ3v) is 5.88. The SMILES string of the molecule is COC(=O)Cn1c2c(c3cc(C)ccc31)CCC[C@@H]2N[C@@H](C)c1ccccc1. The zero-order valence-electron chi connectivity index (χ0n) is 16.9. The lowest BCUT2D eigenvalue weighted by atomic mass is 9.90. The number of rotatable bonds is 5. The second kappa shape index (κ2) is 7.80. The molecule has 1 aliphatic rings. The second-order valence-corrected chi connectivity index (χ2v) is 7.79. The van der Waals surface area contributed by atoms with Gasteiger partial charge in [0.25, 0.3) is 0 Å². The first kappa shape index (κ1) is 18.8. The molecule has 28 heavy (non-hydrogen) atoms. The molecule has 1 aromatic heterocycles. The van der Waals surface area contributed by atoms with Gasteiger partial charge in [0.1, 0.15) is 6.54 Å². The molecule has 1 N–H and O–H groups in total. The topological polar surface area (TPSA) is 43.3 Å². The van der Waals surface area contributed by atoms with Crippen LogP contribution in [0.5, 0.6) is 0 Å². The van der Waals surface area contributed by atoms with Crippen molar-refractivity contribution in [1.82, 2.24) is 9.88 Å².